The fraction of sp³-hybridized carbons (Fsp3) is 0.440. The zero-order chi connectivity index (χ0) is 21.9. The molecule has 0 aliphatic carbocycles. The van der Waals surface area contributed by atoms with E-state index in [1.165, 1.54) is 5.56 Å². The van der Waals surface area contributed by atoms with Gasteiger partial charge in [0.25, 0.3) is 11.8 Å². The van der Waals surface area contributed by atoms with Gasteiger partial charge in [-0.3, -0.25) is 9.59 Å². The molecule has 0 fully saturated rings. The summed E-state index contributed by atoms with van der Waals surface area (Å²) >= 11 is 0. The molecule has 160 valence electrons. The third kappa shape index (κ3) is 4.66. The van der Waals surface area contributed by atoms with E-state index in [0.29, 0.717) is 12.1 Å². The van der Waals surface area contributed by atoms with Crippen molar-refractivity contribution in [2.24, 2.45) is 0 Å². The zero-order valence-corrected chi connectivity index (χ0v) is 18.6. The summed E-state index contributed by atoms with van der Waals surface area (Å²) in [5.74, 6) is 0.547. The molecule has 2 amide bonds. The van der Waals surface area contributed by atoms with Gasteiger partial charge < -0.3 is 15.0 Å². The maximum atomic E-state index is 12.7. The first-order valence-electron chi connectivity index (χ1n) is 10.7. The fourth-order valence-electron chi connectivity index (χ4n) is 3.40. The van der Waals surface area contributed by atoms with E-state index in [0.717, 1.165) is 29.8 Å². The summed E-state index contributed by atoms with van der Waals surface area (Å²) in [6.07, 6.45) is 1.87. The number of hydrogen-bond donors (Lipinski definition) is 1. The molecule has 5 nitrogen and oxygen atoms in total. The van der Waals surface area contributed by atoms with Crippen LogP contribution in [0.25, 0.3) is 0 Å². The predicted molar refractivity (Wildman–Crippen MR) is 120 cm³/mol. The molecule has 1 aliphatic heterocycles. The van der Waals surface area contributed by atoms with Crippen LogP contribution < -0.4 is 15.0 Å². The van der Waals surface area contributed by atoms with Crippen molar-refractivity contribution < 1.29 is 14.3 Å². The Balaban J connectivity index is 1.89. The number of carbonyl (C=O) groups is 2. The molecule has 0 saturated carbocycles. The monoisotopic (exact) mass is 408 g/mol. The van der Waals surface area contributed by atoms with Gasteiger partial charge in [0.15, 0.2) is 6.61 Å². The van der Waals surface area contributed by atoms with Crippen molar-refractivity contribution in [3.05, 3.63) is 59.2 Å². The van der Waals surface area contributed by atoms with Gasteiger partial charge in [0.1, 0.15) is 5.75 Å². The van der Waals surface area contributed by atoms with Gasteiger partial charge in [-0.25, -0.2) is 0 Å². The second kappa shape index (κ2) is 8.90. The van der Waals surface area contributed by atoms with E-state index in [1.54, 1.807) is 11.0 Å². The molecule has 0 saturated heterocycles. The number of carbonyl (C=O) groups excluding carboxylic acids is 2. The Labute approximate surface area is 179 Å². The van der Waals surface area contributed by atoms with E-state index in [-0.39, 0.29) is 29.9 Å². The molecule has 2 aromatic carbocycles. The Kier molecular flexibility index (Phi) is 6.49. The minimum absolute atomic E-state index is 0.00910. The number of nitrogens with zero attached hydrogens (tertiary/aromatic N) is 1. The van der Waals surface area contributed by atoms with Crippen LogP contribution in [0.2, 0.25) is 0 Å². The molecule has 0 bridgehead atoms. The van der Waals surface area contributed by atoms with Crippen molar-refractivity contribution in [1.29, 1.82) is 0 Å². The van der Waals surface area contributed by atoms with Gasteiger partial charge in [0.05, 0.1) is 12.2 Å². The number of ether oxygens (including phenoxy) is 1. The molecule has 0 aromatic heterocycles. The third-order valence-electron chi connectivity index (χ3n) is 6.09. The largest absolute Gasteiger partial charge is 0.482 e. The lowest BCUT2D eigenvalue weighted by Gasteiger charge is -2.32. The molecule has 1 aliphatic rings. The number of hydrogen-bond acceptors (Lipinski definition) is 3. The number of fused-ring (bicyclic) bond motifs is 1. The molecule has 1 heterocycles. The first kappa shape index (κ1) is 21.9. The van der Waals surface area contributed by atoms with Gasteiger partial charge in [-0.2, -0.15) is 0 Å². The number of nitrogens with one attached hydrogen (secondary N) is 1. The Morgan fingerprint density at radius 3 is 2.67 bits per heavy atom. The quantitative estimate of drug-likeness (QED) is 0.714. The summed E-state index contributed by atoms with van der Waals surface area (Å²) < 4.78 is 5.67. The number of amides is 2. The normalized spacial score (nSPS) is 14.7. The standard InChI is InChI=1S/C25H32N2O3/c1-6-17(3)26-24(29)19-10-8-9-18(13-19)15-27-21-14-20(25(4,5)7-2)11-12-22(21)30-16-23(27)28/h8-14,17H,6-7,15-16H2,1-5H3,(H,26,29). The number of rotatable bonds is 7. The summed E-state index contributed by atoms with van der Waals surface area (Å²) in [6, 6.07) is 13.7. The highest BCUT2D eigenvalue weighted by molar-refractivity contribution is 5.98. The van der Waals surface area contributed by atoms with E-state index < -0.39 is 0 Å². The van der Waals surface area contributed by atoms with E-state index in [1.807, 2.05) is 38.1 Å². The van der Waals surface area contributed by atoms with Gasteiger partial charge >= 0.3 is 0 Å². The fourth-order valence-corrected chi connectivity index (χ4v) is 3.40. The van der Waals surface area contributed by atoms with Crippen molar-refractivity contribution in [1.82, 2.24) is 5.32 Å². The average molecular weight is 409 g/mol. The van der Waals surface area contributed by atoms with Crippen molar-refractivity contribution in [2.45, 2.75) is 65.5 Å². The minimum Gasteiger partial charge on any atom is -0.482 e. The summed E-state index contributed by atoms with van der Waals surface area (Å²) in [5, 5.41) is 2.99. The first-order valence-corrected chi connectivity index (χ1v) is 10.7. The average Bonchev–Trinajstić information content (AvgIpc) is 2.75. The smallest absolute Gasteiger partial charge is 0.265 e. The van der Waals surface area contributed by atoms with Crippen LogP contribution in [-0.4, -0.2) is 24.5 Å². The summed E-state index contributed by atoms with van der Waals surface area (Å²) in [4.78, 5) is 27.0. The van der Waals surface area contributed by atoms with E-state index in [9.17, 15) is 9.59 Å². The maximum absolute atomic E-state index is 12.7. The van der Waals surface area contributed by atoms with Crippen LogP contribution in [0.1, 0.15) is 68.9 Å². The molecule has 1 unspecified atom stereocenters. The van der Waals surface area contributed by atoms with Crippen LogP contribution in [0, 0.1) is 0 Å². The molecule has 2 aromatic rings. The van der Waals surface area contributed by atoms with Crippen molar-refractivity contribution in [3.63, 3.8) is 0 Å². The Morgan fingerprint density at radius 1 is 1.20 bits per heavy atom. The molecule has 30 heavy (non-hydrogen) atoms. The number of benzene rings is 2. The molecule has 1 atom stereocenters. The summed E-state index contributed by atoms with van der Waals surface area (Å²) in [7, 11) is 0. The predicted octanol–water partition coefficient (Wildman–Crippen LogP) is 4.83. The third-order valence-corrected chi connectivity index (χ3v) is 6.09. The second-order valence-corrected chi connectivity index (χ2v) is 8.67. The summed E-state index contributed by atoms with van der Waals surface area (Å²) in [5.41, 5.74) is 3.49. The molecule has 0 radical (unpaired) electrons. The molecule has 1 N–H and O–H groups in total. The van der Waals surface area contributed by atoms with Crippen LogP contribution in [0.4, 0.5) is 5.69 Å². The van der Waals surface area contributed by atoms with Gasteiger partial charge in [0.2, 0.25) is 0 Å². The Hall–Kier alpha value is -2.82. The first-order chi connectivity index (χ1) is 14.2. The van der Waals surface area contributed by atoms with Crippen LogP contribution in [0.5, 0.6) is 5.75 Å². The molecule has 3 rings (SSSR count). The minimum atomic E-state index is -0.0908. The summed E-state index contributed by atoms with van der Waals surface area (Å²) in [6.45, 7) is 11.0. The lowest BCUT2D eigenvalue weighted by Crippen LogP contribution is -2.38. The highest BCUT2D eigenvalue weighted by Crippen LogP contribution is 2.38. The Bertz CT molecular complexity index is 936. The highest BCUT2D eigenvalue weighted by Gasteiger charge is 2.28. The maximum Gasteiger partial charge on any atom is 0.265 e. The molecular weight excluding hydrogens is 376 g/mol. The van der Waals surface area contributed by atoms with Crippen molar-refractivity contribution in [2.75, 3.05) is 11.5 Å². The van der Waals surface area contributed by atoms with E-state index in [4.69, 9.17) is 4.74 Å². The zero-order valence-electron chi connectivity index (χ0n) is 18.6. The van der Waals surface area contributed by atoms with E-state index >= 15 is 0 Å². The molecule has 0 spiro atoms. The lowest BCUT2D eigenvalue weighted by molar-refractivity contribution is -0.121. The topological polar surface area (TPSA) is 58.6 Å². The van der Waals surface area contributed by atoms with Crippen LogP contribution in [0.3, 0.4) is 0 Å². The molecule has 5 heteroatoms. The van der Waals surface area contributed by atoms with Gasteiger partial charge in [0, 0.05) is 11.6 Å². The van der Waals surface area contributed by atoms with Crippen molar-refractivity contribution in [3.8, 4) is 5.75 Å². The van der Waals surface area contributed by atoms with Gasteiger partial charge in [-0.15, -0.1) is 0 Å². The van der Waals surface area contributed by atoms with Crippen LogP contribution in [-0.2, 0) is 16.8 Å². The second-order valence-electron chi connectivity index (χ2n) is 8.67. The highest BCUT2D eigenvalue weighted by atomic mass is 16.5. The Morgan fingerprint density at radius 2 is 1.97 bits per heavy atom. The van der Waals surface area contributed by atoms with Crippen molar-refractivity contribution >= 4 is 17.5 Å². The van der Waals surface area contributed by atoms with Gasteiger partial charge in [-0.1, -0.05) is 45.9 Å². The van der Waals surface area contributed by atoms with E-state index in [2.05, 4.69) is 38.2 Å². The molecular formula is C25H32N2O3. The van der Waals surface area contributed by atoms with Crippen LogP contribution >= 0.6 is 0 Å². The lowest BCUT2D eigenvalue weighted by atomic mass is 9.82. The van der Waals surface area contributed by atoms with Gasteiger partial charge in [-0.05, 0) is 60.6 Å². The number of anilines is 1. The SMILES string of the molecule is CCC(C)NC(=O)c1cccc(CN2C(=O)COc3ccc(C(C)(C)CC)cc32)c1. The van der Waals surface area contributed by atoms with Crippen LogP contribution in [0.15, 0.2) is 42.5 Å².